The van der Waals surface area contributed by atoms with E-state index in [4.69, 9.17) is 8.83 Å². The predicted octanol–water partition coefficient (Wildman–Crippen LogP) is 3.97. The maximum atomic E-state index is 13.2. The molecular weight excluding hydrogens is 466 g/mol. The first kappa shape index (κ1) is 22.9. The summed E-state index contributed by atoms with van der Waals surface area (Å²) in [4.78, 5) is 28.3. The summed E-state index contributed by atoms with van der Waals surface area (Å²) in [6, 6.07) is 14.6. The van der Waals surface area contributed by atoms with E-state index in [-0.39, 0.29) is 44.6 Å². The van der Waals surface area contributed by atoms with Crippen LogP contribution in [0.3, 0.4) is 0 Å². The molecule has 0 aliphatic heterocycles. The van der Waals surface area contributed by atoms with Crippen LogP contribution in [0.2, 0.25) is 0 Å². The van der Waals surface area contributed by atoms with E-state index < -0.39 is 28.7 Å². The molecule has 9 heteroatoms. The summed E-state index contributed by atoms with van der Waals surface area (Å²) < 4.78 is 10.8. The number of fused-ring (bicyclic) bond motifs is 2. The molecule has 0 aliphatic rings. The van der Waals surface area contributed by atoms with Gasteiger partial charge in [0.2, 0.25) is 0 Å². The van der Waals surface area contributed by atoms with Crippen molar-refractivity contribution in [2.75, 3.05) is 19.0 Å². The van der Waals surface area contributed by atoms with Crippen LogP contribution in [0.5, 0.6) is 23.0 Å². The quantitative estimate of drug-likeness (QED) is 0.277. The fourth-order valence-corrected chi connectivity index (χ4v) is 4.33. The van der Waals surface area contributed by atoms with Gasteiger partial charge in [0.15, 0.2) is 0 Å². The van der Waals surface area contributed by atoms with Crippen molar-refractivity contribution in [2.45, 2.75) is 5.92 Å². The minimum absolute atomic E-state index is 0.0480. The molecule has 4 N–H and O–H groups in total. The molecule has 0 fully saturated rings. The van der Waals surface area contributed by atoms with Gasteiger partial charge in [0.1, 0.15) is 34.2 Å². The summed E-state index contributed by atoms with van der Waals surface area (Å²) >= 11 is 0. The molecule has 0 atom stereocenters. The summed E-state index contributed by atoms with van der Waals surface area (Å²) in [6.45, 7) is 0. The Morgan fingerprint density at radius 2 is 1.11 bits per heavy atom. The molecule has 0 saturated carbocycles. The van der Waals surface area contributed by atoms with Crippen molar-refractivity contribution in [1.29, 1.82) is 0 Å². The topological polar surface area (TPSA) is 145 Å². The Balaban J connectivity index is 1.87. The van der Waals surface area contributed by atoms with Crippen molar-refractivity contribution in [3.8, 4) is 23.0 Å². The molecule has 0 unspecified atom stereocenters. The predicted molar refractivity (Wildman–Crippen MR) is 133 cm³/mol. The van der Waals surface area contributed by atoms with E-state index in [1.54, 1.807) is 24.3 Å². The summed E-state index contributed by atoms with van der Waals surface area (Å²) in [6.07, 6.45) is 0. The smallest absolute Gasteiger partial charge is 0.344 e. The first-order valence-corrected chi connectivity index (χ1v) is 10.9. The summed E-state index contributed by atoms with van der Waals surface area (Å²) in [7, 11) is 3.70. The number of rotatable bonds is 4. The van der Waals surface area contributed by atoms with E-state index in [2.05, 4.69) is 0 Å². The van der Waals surface area contributed by atoms with Crippen LogP contribution in [0, 0.1) is 0 Å². The normalized spacial score (nSPS) is 11.4. The summed E-state index contributed by atoms with van der Waals surface area (Å²) in [5, 5.41) is 42.2. The number of benzene rings is 3. The van der Waals surface area contributed by atoms with Gasteiger partial charge < -0.3 is 34.2 Å². The lowest BCUT2D eigenvalue weighted by atomic mass is 9.84. The highest BCUT2D eigenvalue weighted by Crippen LogP contribution is 2.42. The van der Waals surface area contributed by atoms with E-state index in [0.717, 1.165) is 5.69 Å². The number of anilines is 1. The van der Waals surface area contributed by atoms with E-state index in [9.17, 15) is 30.0 Å². The molecule has 2 aromatic heterocycles. The lowest BCUT2D eigenvalue weighted by molar-refractivity contribution is 0.439. The molecule has 36 heavy (non-hydrogen) atoms. The zero-order valence-corrected chi connectivity index (χ0v) is 19.2. The van der Waals surface area contributed by atoms with E-state index in [1.165, 1.54) is 36.4 Å². The van der Waals surface area contributed by atoms with Gasteiger partial charge >= 0.3 is 11.3 Å². The molecule has 2 heterocycles. The van der Waals surface area contributed by atoms with E-state index >= 15 is 0 Å². The Bertz CT molecular complexity index is 1640. The molecule has 9 nitrogen and oxygen atoms in total. The molecule has 0 spiro atoms. The number of nitrogens with zero attached hydrogens (tertiary/aromatic N) is 1. The highest BCUT2D eigenvalue weighted by Gasteiger charge is 2.32. The standard InChI is InChI=1S/C27H21NO8/c1-28(2)14-5-3-13(4-6-14)21(22-24(31)17-9-7-15(29)11-19(17)35-26(22)33)23-25(32)18-10-8-16(30)12-20(18)36-27(23)34/h3-12,21,29-32H,1-2H3. The van der Waals surface area contributed by atoms with Crippen LogP contribution in [-0.4, -0.2) is 34.5 Å². The zero-order chi connectivity index (χ0) is 25.7. The number of aromatic hydroxyl groups is 4. The van der Waals surface area contributed by atoms with Gasteiger partial charge in [0.25, 0.3) is 0 Å². The lowest BCUT2D eigenvalue weighted by Crippen LogP contribution is -2.21. The Kier molecular flexibility index (Phi) is 5.32. The third-order valence-corrected chi connectivity index (χ3v) is 6.12. The Morgan fingerprint density at radius 3 is 1.53 bits per heavy atom. The second kappa shape index (κ2) is 8.38. The molecule has 5 rings (SSSR count). The average molecular weight is 487 g/mol. The molecule has 3 aromatic carbocycles. The third kappa shape index (κ3) is 3.67. The van der Waals surface area contributed by atoms with Gasteiger partial charge in [-0.1, -0.05) is 12.1 Å². The molecule has 5 aromatic rings. The second-order valence-corrected chi connectivity index (χ2v) is 8.58. The van der Waals surface area contributed by atoms with Crippen LogP contribution in [0.1, 0.15) is 22.6 Å². The first-order chi connectivity index (χ1) is 17.2. The number of phenols is 2. The Hall–Kier alpha value is -4.92. The van der Waals surface area contributed by atoms with Crippen molar-refractivity contribution in [3.63, 3.8) is 0 Å². The molecule has 0 amide bonds. The third-order valence-electron chi connectivity index (χ3n) is 6.12. The van der Waals surface area contributed by atoms with E-state index in [1.807, 2.05) is 19.0 Å². The van der Waals surface area contributed by atoms with Crippen molar-refractivity contribution < 1.29 is 29.3 Å². The maximum absolute atomic E-state index is 13.2. The van der Waals surface area contributed by atoms with Crippen LogP contribution in [0.4, 0.5) is 5.69 Å². The highest BCUT2D eigenvalue weighted by molar-refractivity contribution is 5.88. The molecule has 0 aliphatic carbocycles. The lowest BCUT2D eigenvalue weighted by Gasteiger charge is -2.21. The Morgan fingerprint density at radius 1 is 0.667 bits per heavy atom. The van der Waals surface area contributed by atoms with Crippen molar-refractivity contribution in [2.24, 2.45) is 0 Å². The van der Waals surface area contributed by atoms with Crippen LogP contribution in [0.15, 0.2) is 79.1 Å². The summed E-state index contributed by atoms with van der Waals surface area (Å²) in [5.74, 6) is -2.53. The van der Waals surface area contributed by atoms with Gasteiger partial charge in [-0.25, -0.2) is 9.59 Å². The van der Waals surface area contributed by atoms with Crippen LogP contribution >= 0.6 is 0 Å². The van der Waals surface area contributed by atoms with Crippen molar-refractivity contribution >= 4 is 27.6 Å². The van der Waals surface area contributed by atoms with Gasteiger partial charge in [-0.3, -0.25) is 0 Å². The fourth-order valence-electron chi connectivity index (χ4n) is 4.33. The number of phenolic OH excluding ortho intramolecular Hbond substituents is 2. The largest absolute Gasteiger partial charge is 0.508 e. The maximum Gasteiger partial charge on any atom is 0.344 e. The fraction of sp³-hybridized carbons (Fsp3) is 0.111. The molecule has 0 bridgehead atoms. The van der Waals surface area contributed by atoms with Crippen LogP contribution in [0.25, 0.3) is 21.9 Å². The van der Waals surface area contributed by atoms with Gasteiger partial charge in [0, 0.05) is 31.9 Å². The molecular formula is C27H21NO8. The Labute approximate surface area is 203 Å². The first-order valence-electron chi connectivity index (χ1n) is 10.9. The van der Waals surface area contributed by atoms with Gasteiger partial charge in [0.05, 0.1) is 27.8 Å². The van der Waals surface area contributed by atoms with Crippen LogP contribution in [-0.2, 0) is 0 Å². The minimum atomic E-state index is -1.27. The monoisotopic (exact) mass is 487 g/mol. The highest BCUT2D eigenvalue weighted by atomic mass is 16.4. The molecule has 182 valence electrons. The minimum Gasteiger partial charge on any atom is -0.508 e. The SMILES string of the molecule is CN(C)c1ccc(C(c2c(O)c3ccc(O)cc3oc2=O)c2c(O)c3ccc(O)cc3oc2=O)cc1. The zero-order valence-electron chi connectivity index (χ0n) is 19.2. The van der Waals surface area contributed by atoms with Crippen molar-refractivity contribution in [1.82, 2.24) is 0 Å². The van der Waals surface area contributed by atoms with Gasteiger partial charge in [-0.15, -0.1) is 0 Å². The molecule has 0 saturated heterocycles. The average Bonchev–Trinajstić information content (AvgIpc) is 2.82. The molecule has 0 radical (unpaired) electrons. The van der Waals surface area contributed by atoms with Crippen molar-refractivity contribution in [3.05, 3.63) is 98.2 Å². The number of hydrogen-bond donors (Lipinski definition) is 4. The van der Waals surface area contributed by atoms with E-state index in [0.29, 0.717) is 5.56 Å². The second-order valence-electron chi connectivity index (χ2n) is 8.58. The van der Waals surface area contributed by atoms with Gasteiger partial charge in [-0.2, -0.15) is 0 Å². The van der Waals surface area contributed by atoms with Gasteiger partial charge in [-0.05, 0) is 42.0 Å². The number of hydrogen-bond acceptors (Lipinski definition) is 9. The summed E-state index contributed by atoms with van der Waals surface area (Å²) in [5.41, 5.74) is -1.34. The van der Waals surface area contributed by atoms with Crippen LogP contribution < -0.4 is 16.2 Å².